The maximum absolute atomic E-state index is 11.8. The minimum atomic E-state index is -0.860. The Hall–Kier alpha value is -3.54. The van der Waals surface area contributed by atoms with Gasteiger partial charge in [0.25, 0.3) is 0 Å². The third-order valence-corrected chi connectivity index (χ3v) is 4.93. The number of H-pyrrole nitrogens is 1. The number of fused-ring (bicyclic) bond motifs is 1. The van der Waals surface area contributed by atoms with Crippen LogP contribution in [0.25, 0.3) is 17.0 Å². The minimum absolute atomic E-state index is 0.00338. The van der Waals surface area contributed by atoms with Crippen LogP contribution in [0.4, 0.5) is 0 Å². The first-order chi connectivity index (χ1) is 13.9. The summed E-state index contributed by atoms with van der Waals surface area (Å²) in [6.45, 7) is 2.07. The summed E-state index contributed by atoms with van der Waals surface area (Å²) >= 11 is 0. The fourth-order valence-electron chi connectivity index (χ4n) is 3.40. The predicted octanol–water partition coefficient (Wildman–Crippen LogP) is 4.60. The third kappa shape index (κ3) is 4.32. The van der Waals surface area contributed by atoms with Crippen LogP contribution in [-0.4, -0.2) is 36.2 Å². The van der Waals surface area contributed by atoms with E-state index in [1.807, 2.05) is 30.5 Å². The van der Waals surface area contributed by atoms with Crippen molar-refractivity contribution in [1.82, 2.24) is 4.98 Å². The van der Waals surface area contributed by atoms with E-state index in [1.165, 1.54) is 7.11 Å². The van der Waals surface area contributed by atoms with Gasteiger partial charge in [0.15, 0.2) is 0 Å². The number of carbonyl (C=O) groups is 2. The second kappa shape index (κ2) is 8.65. The van der Waals surface area contributed by atoms with Crippen LogP contribution in [0.15, 0.2) is 48.7 Å². The molecule has 0 amide bonds. The fourth-order valence-corrected chi connectivity index (χ4v) is 3.40. The molecule has 0 aliphatic carbocycles. The van der Waals surface area contributed by atoms with Gasteiger partial charge in [0.05, 0.1) is 26.2 Å². The molecule has 0 radical (unpaired) electrons. The van der Waals surface area contributed by atoms with E-state index in [9.17, 15) is 9.59 Å². The van der Waals surface area contributed by atoms with E-state index in [-0.39, 0.29) is 12.3 Å². The fraction of sp³-hybridized carbons (Fsp3) is 0.217. The molecule has 150 valence electrons. The number of methoxy groups -OCH3 is 2. The number of aromatic amines is 1. The monoisotopic (exact) mass is 393 g/mol. The molecular weight excluding hydrogens is 370 g/mol. The number of carbonyl (C=O) groups excluding carboxylic acids is 1. The lowest BCUT2D eigenvalue weighted by Crippen LogP contribution is -2.04. The Morgan fingerprint density at radius 2 is 1.93 bits per heavy atom. The molecule has 3 rings (SSSR count). The van der Waals surface area contributed by atoms with Gasteiger partial charge in [0, 0.05) is 28.6 Å². The number of nitrogens with one attached hydrogen (secondary N) is 1. The number of carboxylic acid groups (broad SMARTS) is 1. The molecule has 1 aromatic heterocycles. The van der Waals surface area contributed by atoms with Gasteiger partial charge in [-0.05, 0) is 35.4 Å². The molecule has 0 aliphatic heterocycles. The summed E-state index contributed by atoms with van der Waals surface area (Å²) < 4.78 is 10.3. The standard InChI is InChI=1S/C23H23NO5/c1-14(17-9-8-16(23(27)29-3)12-21(17)28-2)19-13-24-20-10-7-15(11-18(19)20)5-4-6-22(25)26/h4-5,7-14,24H,6H2,1-3H3,(H,25,26). The molecule has 0 aliphatic rings. The topological polar surface area (TPSA) is 88.6 Å². The highest BCUT2D eigenvalue weighted by Crippen LogP contribution is 2.36. The van der Waals surface area contributed by atoms with Crippen molar-refractivity contribution in [3.63, 3.8) is 0 Å². The summed E-state index contributed by atoms with van der Waals surface area (Å²) in [7, 11) is 2.92. The molecule has 1 heterocycles. The number of benzene rings is 2. The van der Waals surface area contributed by atoms with Gasteiger partial charge in [-0.1, -0.05) is 31.2 Å². The molecule has 2 aromatic carbocycles. The predicted molar refractivity (Wildman–Crippen MR) is 111 cm³/mol. The maximum atomic E-state index is 11.8. The first-order valence-electron chi connectivity index (χ1n) is 9.20. The zero-order valence-electron chi connectivity index (χ0n) is 16.6. The van der Waals surface area contributed by atoms with E-state index in [2.05, 4.69) is 11.9 Å². The van der Waals surface area contributed by atoms with Gasteiger partial charge in [-0.2, -0.15) is 0 Å². The van der Waals surface area contributed by atoms with E-state index in [4.69, 9.17) is 14.6 Å². The van der Waals surface area contributed by atoms with Gasteiger partial charge in [-0.15, -0.1) is 0 Å². The number of rotatable bonds is 7. The molecule has 1 atom stereocenters. The number of hydrogen-bond donors (Lipinski definition) is 2. The number of carboxylic acids is 1. The van der Waals surface area contributed by atoms with Crippen LogP contribution >= 0.6 is 0 Å². The van der Waals surface area contributed by atoms with Gasteiger partial charge >= 0.3 is 11.9 Å². The summed E-state index contributed by atoms with van der Waals surface area (Å²) in [5.41, 5.74) is 4.39. The van der Waals surface area contributed by atoms with E-state index in [0.29, 0.717) is 11.3 Å². The zero-order chi connectivity index (χ0) is 21.0. The Bertz CT molecular complexity index is 1080. The Labute approximate surface area is 168 Å². The Balaban J connectivity index is 1.98. The van der Waals surface area contributed by atoms with Crippen molar-refractivity contribution >= 4 is 28.9 Å². The van der Waals surface area contributed by atoms with Crippen molar-refractivity contribution in [1.29, 1.82) is 0 Å². The molecule has 0 fully saturated rings. The number of aromatic nitrogens is 1. The summed E-state index contributed by atoms with van der Waals surface area (Å²) in [5, 5.41) is 9.85. The molecule has 1 unspecified atom stereocenters. The quantitative estimate of drug-likeness (QED) is 0.573. The van der Waals surface area contributed by atoms with E-state index in [1.54, 1.807) is 31.4 Å². The van der Waals surface area contributed by atoms with Crippen molar-refractivity contribution in [2.24, 2.45) is 0 Å². The first-order valence-corrected chi connectivity index (χ1v) is 9.20. The molecule has 0 spiro atoms. The molecule has 2 N–H and O–H groups in total. The van der Waals surface area contributed by atoms with Gasteiger partial charge < -0.3 is 19.6 Å². The van der Waals surface area contributed by atoms with E-state index < -0.39 is 11.9 Å². The van der Waals surface area contributed by atoms with Crippen molar-refractivity contribution in [2.75, 3.05) is 14.2 Å². The van der Waals surface area contributed by atoms with Crippen molar-refractivity contribution in [3.8, 4) is 5.75 Å². The average Bonchev–Trinajstić information content (AvgIpc) is 3.15. The SMILES string of the molecule is COC(=O)c1ccc(C(C)c2c[nH]c3ccc(C=CCC(=O)O)cc23)c(OC)c1. The molecule has 3 aromatic rings. The molecule has 0 bridgehead atoms. The number of hydrogen-bond acceptors (Lipinski definition) is 4. The lowest BCUT2D eigenvalue weighted by Gasteiger charge is -2.16. The smallest absolute Gasteiger partial charge is 0.337 e. The maximum Gasteiger partial charge on any atom is 0.337 e. The normalized spacial score (nSPS) is 12.2. The summed E-state index contributed by atoms with van der Waals surface area (Å²) in [5.74, 6) is -0.649. The van der Waals surface area contributed by atoms with Gasteiger partial charge in [-0.3, -0.25) is 4.79 Å². The highest BCUT2D eigenvalue weighted by atomic mass is 16.5. The van der Waals surface area contributed by atoms with Crippen LogP contribution in [0.5, 0.6) is 5.75 Å². The van der Waals surface area contributed by atoms with Crippen molar-refractivity contribution in [3.05, 3.63) is 70.9 Å². The van der Waals surface area contributed by atoms with Crippen molar-refractivity contribution in [2.45, 2.75) is 19.3 Å². The average molecular weight is 393 g/mol. The third-order valence-electron chi connectivity index (χ3n) is 4.93. The van der Waals surface area contributed by atoms with Crippen molar-refractivity contribution < 1.29 is 24.2 Å². The second-order valence-corrected chi connectivity index (χ2v) is 6.72. The number of aliphatic carboxylic acids is 1. The zero-order valence-corrected chi connectivity index (χ0v) is 16.6. The molecule has 6 heteroatoms. The van der Waals surface area contributed by atoms with Crippen LogP contribution in [-0.2, 0) is 9.53 Å². The number of esters is 1. The van der Waals surface area contributed by atoms with Gasteiger partial charge in [0.1, 0.15) is 5.75 Å². The van der Waals surface area contributed by atoms with Gasteiger partial charge in [-0.25, -0.2) is 4.79 Å². The highest BCUT2D eigenvalue weighted by molar-refractivity contribution is 5.90. The van der Waals surface area contributed by atoms with Gasteiger partial charge in [0.2, 0.25) is 0 Å². The summed E-state index contributed by atoms with van der Waals surface area (Å²) in [6.07, 6.45) is 5.39. The second-order valence-electron chi connectivity index (χ2n) is 6.72. The number of ether oxygens (including phenoxy) is 2. The Morgan fingerprint density at radius 3 is 2.62 bits per heavy atom. The molecule has 6 nitrogen and oxygen atoms in total. The summed E-state index contributed by atoms with van der Waals surface area (Å²) in [4.78, 5) is 25.8. The van der Waals surface area contributed by atoms with Crippen LogP contribution in [0.3, 0.4) is 0 Å². The van der Waals surface area contributed by atoms with Crippen LogP contribution in [0.2, 0.25) is 0 Å². The van der Waals surface area contributed by atoms with Crippen LogP contribution < -0.4 is 4.74 Å². The minimum Gasteiger partial charge on any atom is -0.496 e. The highest BCUT2D eigenvalue weighted by Gasteiger charge is 2.19. The lowest BCUT2D eigenvalue weighted by atomic mass is 9.91. The largest absolute Gasteiger partial charge is 0.496 e. The molecular formula is C23H23NO5. The summed E-state index contributed by atoms with van der Waals surface area (Å²) in [6, 6.07) is 11.2. The lowest BCUT2D eigenvalue weighted by molar-refractivity contribution is -0.135. The Morgan fingerprint density at radius 1 is 1.14 bits per heavy atom. The Kier molecular flexibility index (Phi) is 6.02. The van der Waals surface area contributed by atoms with Crippen LogP contribution in [0.1, 0.15) is 46.3 Å². The van der Waals surface area contributed by atoms with E-state index >= 15 is 0 Å². The molecule has 29 heavy (non-hydrogen) atoms. The molecule has 0 saturated carbocycles. The first kappa shape index (κ1) is 20.2. The van der Waals surface area contributed by atoms with Crippen LogP contribution in [0, 0.1) is 0 Å². The van der Waals surface area contributed by atoms with E-state index in [0.717, 1.165) is 27.6 Å². The molecule has 0 saturated heterocycles.